The molecule has 7 heteroatoms. The molecular formula is C17H25N5O2. The van der Waals surface area contributed by atoms with Crippen molar-refractivity contribution in [1.29, 1.82) is 0 Å². The monoisotopic (exact) mass is 331 g/mol. The second-order valence-corrected chi connectivity index (χ2v) is 6.31. The van der Waals surface area contributed by atoms with Crippen LogP contribution in [0.3, 0.4) is 0 Å². The number of amides is 1. The second-order valence-electron chi connectivity index (χ2n) is 6.31. The van der Waals surface area contributed by atoms with Crippen molar-refractivity contribution >= 4 is 5.91 Å². The molecule has 1 N–H and O–H groups in total. The normalized spacial score (nSPS) is 17.8. The first-order valence-corrected chi connectivity index (χ1v) is 8.35. The zero-order chi connectivity index (χ0) is 16.9. The number of furan rings is 1. The van der Waals surface area contributed by atoms with Crippen molar-refractivity contribution in [1.82, 2.24) is 24.7 Å². The summed E-state index contributed by atoms with van der Waals surface area (Å²) in [7, 11) is 2.02. The summed E-state index contributed by atoms with van der Waals surface area (Å²) in [4.78, 5) is 21.1. The van der Waals surface area contributed by atoms with Crippen molar-refractivity contribution in [2.24, 2.45) is 7.05 Å². The zero-order valence-electron chi connectivity index (χ0n) is 14.3. The molecule has 0 spiro atoms. The van der Waals surface area contributed by atoms with Gasteiger partial charge in [-0.2, -0.15) is 0 Å². The van der Waals surface area contributed by atoms with Gasteiger partial charge >= 0.3 is 0 Å². The summed E-state index contributed by atoms with van der Waals surface area (Å²) in [6.45, 7) is 6.92. The van der Waals surface area contributed by atoms with Gasteiger partial charge in [0, 0.05) is 45.6 Å². The minimum absolute atomic E-state index is 0.0384. The predicted octanol–water partition coefficient (Wildman–Crippen LogP) is 1.01. The highest BCUT2D eigenvalue weighted by molar-refractivity contribution is 5.78. The van der Waals surface area contributed by atoms with Crippen LogP contribution in [0.4, 0.5) is 0 Å². The average Bonchev–Trinajstić information content (AvgIpc) is 3.22. The van der Waals surface area contributed by atoms with Gasteiger partial charge in [-0.05, 0) is 19.1 Å². The number of carbonyl (C=O) groups excluding carboxylic acids is 1. The molecule has 1 fully saturated rings. The Kier molecular flexibility index (Phi) is 5.32. The first kappa shape index (κ1) is 16.7. The number of imidazole rings is 1. The van der Waals surface area contributed by atoms with Crippen LogP contribution >= 0.6 is 0 Å². The third-order valence-electron chi connectivity index (χ3n) is 4.47. The van der Waals surface area contributed by atoms with E-state index in [0.717, 1.165) is 44.3 Å². The van der Waals surface area contributed by atoms with Crippen LogP contribution in [0.5, 0.6) is 0 Å². The Balaban J connectivity index is 1.40. The third-order valence-corrected chi connectivity index (χ3v) is 4.47. The molecule has 3 heterocycles. The molecule has 1 saturated heterocycles. The van der Waals surface area contributed by atoms with Gasteiger partial charge in [0.25, 0.3) is 0 Å². The lowest BCUT2D eigenvalue weighted by molar-refractivity contribution is -0.123. The molecule has 24 heavy (non-hydrogen) atoms. The summed E-state index contributed by atoms with van der Waals surface area (Å²) in [6.07, 6.45) is 5.42. The number of nitrogens with zero attached hydrogens (tertiary/aromatic N) is 4. The fourth-order valence-electron chi connectivity index (χ4n) is 2.95. The van der Waals surface area contributed by atoms with E-state index in [9.17, 15) is 4.79 Å². The summed E-state index contributed by atoms with van der Waals surface area (Å²) >= 11 is 0. The van der Waals surface area contributed by atoms with Crippen LogP contribution in [0.15, 0.2) is 35.2 Å². The topological polar surface area (TPSA) is 66.5 Å². The van der Waals surface area contributed by atoms with E-state index in [1.54, 1.807) is 6.26 Å². The Hall–Kier alpha value is -2.12. The lowest BCUT2D eigenvalue weighted by atomic mass is 10.2. The summed E-state index contributed by atoms with van der Waals surface area (Å²) in [5.41, 5.74) is 0. The standard InChI is InChI=1S/C17H25N5O2/c1-14(15-4-3-11-24-15)19-17(23)13-22-9-7-21(8-10-22)12-16-18-5-6-20(16)2/h3-6,11,14H,7-10,12-13H2,1-2H3,(H,19,23). The highest BCUT2D eigenvalue weighted by Gasteiger charge is 2.21. The van der Waals surface area contributed by atoms with Gasteiger partial charge in [0.1, 0.15) is 11.6 Å². The highest BCUT2D eigenvalue weighted by atomic mass is 16.3. The first-order chi connectivity index (χ1) is 11.6. The number of aryl methyl sites for hydroxylation is 1. The Morgan fingerprint density at radius 3 is 2.71 bits per heavy atom. The molecule has 2 aromatic rings. The van der Waals surface area contributed by atoms with E-state index in [0.29, 0.717) is 6.54 Å². The summed E-state index contributed by atoms with van der Waals surface area (Å²) in [6, 6.07) is 3.61. The van der Waals surface area contributed by atoms with Crippen LogP contribution in [0.1, 0.15) is 24.6 Å². The number of carbonyl (C=O) groups is 1. The Labute approximate surface area is 142 Å². The van der Waals surface area contributed by atoms with Gasteiger partial charge in [-0.15, -0.1) is 0 Å². The predicted molar refractivity (Wildman–Crippen MR) is 90.2 cm³/mol. The Morgan fingerprint density at radius 2 is 2.08 bits per heavy atom. The van der Waals surface area contributed by atoms with E-state index in [2.05, 4.69) is 24.7 Å². The third kappa shape index (κ3) is 4.24. The molecule has 0 aromatic carbocycles. The van der Waals surface area contributed by atoms with Crippen LogP contribution in [0.25, 0.3) is 0 Å². The minimum Gasteiger partial charge on any atom is -0.467 e. The van der Waals surface area contributed by atoms with E-state index in [4.69, 9.17) is 4.42 Å². The first-order valence-electron chi connectivity index (χ1n) is 8.35. The van der Waals surface area contributed by atoms with Crippen LogP contribution < -0.4 is 5.32 Å². The molecule has 1 unspecified atom stereocenters. The molecule has 7 nitrogen and oxygen atoms in total. The highest BCUT2D eigenvalue weighted by Crippen LogP contribution is 2.12. The van der Waals surface area contributed by atoms with Gasteiger partial charge in [0.15, 0.2) is 0 Å². The van der Waals surface area contributed by atoms with Gasteiger partial charge in [0.2, 0.25) is 5.91 Å². The van der Waals surface area contributed by atoms with E-state index >= 15 is 0 Å². The molecule has 1 atom stereocenters. The largest absolute Gasteiger partial charge is 0.467 e. The molecule has 0 bridgehead atoms. The maximum absolute atomic E-state index is 12.2. The molecule has 0 saturated carbocycles. The number of hydrogen-bond acceptors (Lipinski definition) is 5. The molecule has 0 radical (unpaired) electrons. The lowest BCUT2D eigenvalue weighted by Gasteiger charge is -2.34. The smallest absolute Gasteiger partial charge is 0.234 e. The molecule has 130 valence electrons. The van der Waals surface area contributed by atoms with Gasteiger partial charge in [0.05, 0.1) is 25.4 Å². The van der Waals surface area contributed by atoms with E-state index in [-0.39, 0.29) is 11.9 Å². The van der Waals surface area contributed by atoms with Crippen molar-refractivity contribution in [3.63, 3.8) is 0 Å². The molecule has 1 amide bonds. The van der Waals surface area contributed by atoms with Crippen molar-refractivity contribution in [2.45, 2.75) is 19.5 Å². The summed E-state index contributed by atoms with van der Waals surface area (Å²) in [5.74, 6) is 1.90. The zero-order valence-corrected chi connectivity index (χ0v) is 14.3. The molecule has 2 aromatic heterocycles. The van der Waals surface area contributed by atoms with Crippen molar-refractivity contribution in [3.8, 4) is 0 Å². The molecular weight excluding hydrogens is 306 g/mol. The average molecular weight is 331 g/mol. The number of aromatic nitrogens is 2. The number of piperazine rings is 1. The SMILES string of the molecule is CC(NC(=O)CN1CCN(Cc2nccn2C)CC1)c1ccco1. The maximum Gasteiger partial charge on any atom is 0.234 e. The van der Waals surface area contributed by atoms with Crippen molar-refractivity contribution in [2.75, 3.05) is 32.7 Å². The van der Waals surface area contributed by atoms with Crippen LogP contribution in [-0.2, 0) is 18.4 Å². The van der Waals surface area contributed by atoms with Gasteiger partial charge in [-0.25, -0.2) is 4.98 Å². The van der Waals surface area contributed by atoms with E-state index < -0.39 is 0 Å². The molecule has 1 aliphatic heterocycles. The van der Waals surface area contributed by atoms with E-state index in [1.165, 1.54) is 0 Å². The van der Waals surface area contributed by atoms with Crippen molar-refractivity contribution < 1.29 is 9.21 Å². The number of hydrogen-bond donors (Lipinski definition) is 1. The lowest BCUT2D eigenvalue weighted by Crippen LogP contribution is -2.49. The van der Waals surface area contributed by atoms with Gasteiger partial charge in [-0.1, -0.05) is 0 Å². The quantitative estimate of drug-likeness (QED) is 0.856. The fraction of sp³-hybridized carbons (Fsp3) is 0.529. The Morgan fingerprint density at radius 1 is 1.33 bits per heavy atom. The van der Waals surface area contributed by atoms with Crippen molar-refractivity contribution in [3.05, 3.63) is 42.4 Å². The number of rotatable bonds is 6. The minimum atomic E-state index is -0.0998. The molecule has 3 rings (SSSR count). The summed E-state index contributed by atoms with van der Waals surface area (Å²) in [5, 5.41) is 2.98. The van der Waals surface area contributed by atoms with E-state index in [1.807, 2.05) is 38.5 Å². The van der Waals surface area contributed by atoms with Crippen LogP contribution in [0.2, 0.25) is 0 Å². The number of nitrogens with one attached hydrogen (secondary N) is 1. The summed E-state index contributed by atoms with van der Waals surface area (Å²) < 4.78 is 7.37. The van der Waals surface area contributed by atoms with Crippen LogP contribution in [-0.4, -0.2) is 58.0 Å². The van der Waals surface area contributed by atoms with Gasteiger partial charge in [-0.3, -0.25) is 14.6 Å². The second kappa shape index (κ2) is 7.63. The Bertz CT molecular complexity index is 644. The van der Waals surface area contributed by atoms with Crippen LogP contribution in [0, 0.1) is 0 Å². The molecule has 1 aliphatic rings. The van der Waals surface area contributed by atoms with Gasteiger partial charge < -0.3 is 14.3 Å². The molecule has 0 aliphatic carbocycles. The maximum atomic E-state index is 12.2. The fourth-order valence-corrected chi connectivity index (χ4v) is 2.95.